The Morgan fingerprint density at radius 1 is 0.897 bits per heavy atom. The van der Waals surface area contributed by atoms with E-state index in [0.29, 0.717) is 0 Å². The van der Waals surface area contributed by atoms with Crippen LogP contribution < -0.4 is 11.5 Å². The minimum Gasteiger partial charge on any atom is -0.351 e. The summed E-state index contributed by atoms with van der Waals surface area (Å²) in [6.45, 7) is 0. The van der Waals surface area contributed by atoms with Gasteiger partial charge < -0.3 is 16.4 Å². The molecule has 0 aliphatic heterocycles. The first-order chi connectivity index (χ1) is 13.7. The van der Waals surface area contributed by atoms with Crippen molar-refractivity contribution in [1.82, 2.24) is 9.80 Å². The van der Waals surface area contributed by atoms with Gasteiger partial charge in [-0.05, 0) is 17.5 Å². The monoisotopic (exact) mass is 396 g/mol. The number of carbonyl (C=O) groups is 3. The summed E-state index contributed by atoms with van der Waals surface area (Å²) in [5.41, 5.74) is 12.1. The zero-order valence-electron chi connectivity index (χ0n) is 17.0. The lowest BCUT2D eigenvalue weighted by molar-refractivity contribution is -0.144. The molecule has 2 atom stereocenters. The molecule has 1 unspecified atom stereocenters. The molecule has 2 aromatic rings. The maximum absolute atomic E-state index is 13.2. The highest BCUT2D eigenvalue weighted by Gasteiger charge is 2.48. The van der Waals surface area contributed by atoms with Gasteiger partial charge >= 0.3 is 6.03 Å². The van der Waals surface area contributed by atoms with Crippen molar-refractivity contribution < 1.29 is 14.4 Å². The molecular formula is C22H28N4O3. The van der Waals surface area contributed by atoms with E-state index in [9.17, 15) is 14.4 Å². The molecule has 7 heteroatoms. The molecule has 0 radical (unpaired) electrons. The molecule has 29 heavy (non-hydrogen) atoms. The van der Waals surface area contributed by atoms with Gasteiger partial charge in [-0.1, -0.05) is 60.7 Å². The number of primary amides is 1. The first-order valence-corrected chi connectivity index (χ1v) is 9.32. The molecule has 0 aromatic heterocycles. The van der Waals surface area contributed by atoms with Gasteiger partial charge in [0.15, 0.2) is 0 Å². The van der Waals surface area contributed by atoms with Crippen molar-refractivity contribution >= 4 is 17.8 Å². The molecule has 0 aliphatic carbocycles. The summed E-state index contributed by atoms with van der Waals surface area (Å²) >= 11 is 0. The fourth-order valence-corrected chi connectivity index (χ4v) is 3.38. The Labute approximate surface area is 171 Å². The van der Waals surface area contributed by atoms with E-state index in [-0.39, 0.29) is 12.8 Å². The smallest absolute Gasteiger partial charge is 0.321 e. The third-order valence-corrected chi connectivity index (χ3v) is 5.01. The average molecular weight is 396 g/mol. The lowest BCUT2D eigenvalue weighted by Crippen LogP contribution is -2.64. The summed E-state index contributed by atoms with van der Waals surface area (Å²) in [5.74, 6) is -1.97. The van der Waals surface area contributed by atoms with Crippen LogP contribution in [0.2, 0.25) is 0 Å². The first-order valence-electron chi connectivity index (χ1n) is 9.32. The predicted molar refractivity (Wildman–Crippen MR) is 112 cm³/mol. The molecule has 7 nitrogen and oxygen atoms in total. The second-order valence-corrected chi connectivity index (χ2v) is 7.38. The van der Waals surface area contributed by atoms with Gasteiger partial charge in [0.2, 0.25) is 11.8 Å². The lowest BCUT2D eigenvalue weighted by Gasteiger charge is -2.38. The highest BCUT2D eigenvalue weighted by atomic mass is 16.2. The zero-order valence-corrected chi connectivity index (χ0v) is 17.0. The van der Waals surface area contributed by atoms with Gasteiger partial charge in [0.1, 0.15) is 5.54 Å². The summed E-state index contributed by atoms with van der Waals surface area (Å²) in [6, 6.07) is 17.6. The molecule has 2 aromatic carbocycles. The maximum Gasteiger partial charge on any atom is 0.321 e. The maximum atomic E-state index is 13.2. The van der Waals surface area contributed by atoms with Gasteiger partial charge in [0.25, 0.3) is 0 Å². The van der Waals surface area contributed by atoms with E-state index < -0.39 is 29.3 Å². The number of urea groups is 1. The number of hydrogen-bond donors (Lipinski definition) is 2. The topological polar surface area (TPSA) is 110 Å². The van der Waals surface area contributed by atoms with Crippen molar-refractivity contribution in [2.75, 3.05) is 21.1 Å². The summed E-state index contributed by atoms with van der Waals surface area (Å²) in [4.78, 5) is 40.3. The summed E-state index contributed by atoms with van der Waals surface area (Å²) in [5, 5.41) is 0. The molecule has 0 saturated heterocycles. The van der Waals surface area contributed by atoms with Gasteiger partial charge in [-0.25, -0.2) is 4.79 Å². The number of likely N-dealkylation sites (N-methyl/N-ethyl adjacent to an activating group) is 1. The normalized spacial score (nSPS) is 13.8. The highest BCUT2D eigenvalue weighted by Crippen LogP contribution is 2.28. The Morgan fingerprint density at radius 2 is 1.38 bits per heavy atom. The molecule has 0 heterocycles. The fraction of sp³-hybridized carbons (Fsp3) is 0.318. The lowest BCUT2D eigenvalue weighted by atomic mass is 9.74. The van der Waals surface area contributed by atoms with Gasteiger partial charge in [0, 0.05) is 27.6 Å². The Kier molecular flexibility index (Phi) is 7.12. The number of hydrogen-bond acceptors (Lipinski definition) is 4. The van der Waals surface area contributed by atoms with Crippen LogP contribution in [0.15, 0.2) is 60.7 Å². The Morgan fingerprint density at radius 3 is 1.83 bits per heavy atom. The van der Waals surface area contributed by atoms with Gasteiger partial charge in [-0.2, -0.15) is 0 Å². The Hall–Kier alpha value is -3.19. The number of imide groups is 1. The van der Waals surface area contributed by atoms with E-state index in [4.69, 9.17) is 11.5 Å². The second kappa shape index (κ2) is 9.34. The standard InChI is InChI=1S/C22H28N4O3/c1-25(2)20(28)22(24,15-17-12-8-5-9-13-17)18(19(27)26(3)21(23)29)14-16-10-6-4-7-11-16/h4-13,18H,14-15,24H2,1-3H3,(H2,23,29)/t18?,22-/m1/s1. The number of amides is 4. The third-order valence-electron chi connectivity index (χ3n) is 5.01. The number of rotatable bonds is 7. The van der Waals surface area contributed by atoms with Crippen molar-refractivity contribution in [3.63, 3.8) is 0 Å². The molecule has 0 aliphatic rings. The van der Waals surface area contributed by atoms with E-state index >= 15 is 0 Å². The van der Waals surface area contributed by atoms with E-state index in [0.717, 1.165) is 16.0 Å². The van der Waals surface area contributed by atoms with Crippen LogP contribution in [-0.2, 0) is 22.4 Å². The molecule has 0 bridgehead atoms. The summed E-state index contributed by atoms with van der Waals surface area (Å²) < 4.78 is 0. The van der Waals surface area contributed by atoms with E-state index in [2.05, 4.69) is 0 Å². The van der Waals surface area contributed by atoms with Crippen molar-refractivity contribution in [3.8, 4) is 0 Å². The number of carbonyl (C=O) groups excluding carboxylic acids is 3. The fourth-order valence-electron chi connectivity index (χ4n) is 3.38. The van der Waals surface area contributed by atoms with E-state index in [1.807, 2.05) is 60.7 Å². The van der Waals surface area contributed by atoms with Crippen LogP contribution in [0.1, 0.15) is 11.1 Å². The van der Waals surface area contributed by atoms with Crippen LogP contribution in [0.4, 0.5) is 4.79 Å². The van der Waals surface area contributed by atoms with Crippen LogP contribution in [0.5, 0.6) is 0 Å². The predicted octanol–water partition coefficient (Wildman–Crippen LogP) is 1.41. The van der Waals surface area contributed by atoms with Crippen LogP contribution in [0.25, 0.3) is 0 Å². The summed E-state index contributed by atoms with van der Waals surface area (Å²) in [7, 11) is 4.49. The molecule has 154 valence electrons. The molecule has 4 N–H and O–H groups in total. The molecule has 0 fully saturated rings. The van der Waals surface area contributed by atoms with Gasteiger partial charge in [-0.3, -0.25) is 14.5 Å². The third kappa shape index (κ3) is 5.20. The van der Waals surface area contributed by atoms with Crippen molar-refractivity contribution in [2.24, 2.45) is 17.4 Å². The van der Waals surface area contributed by atoms with Gasteiger partial charge in [-0.15, -0.1) is 0 Å². The molecule has 2 rings (SSSR count). The molecule has 4 amide bonds. The largest absolute Gasteiger partial charge is 0.351 e. The van der Waals surface area contributed by atoms with Crippen LogP contribution >= 0.6 is 0 Å². The van der Waals surface area contributed by atoms with Crippen LogP contribution in [0.3, 0.4) is 0 Å². The SMILES string of the molecule is CN(C)C(=O)[C@@](N)(Cc1ccccc1)C(Cc1ccccc1)C(=O)N(C)C(N)=O. The van der Waals surface area contributed by atoms with Crippen molar-refractivity contribution in [1.29, 1.82) is 0 Å². The van der Waals surface area contributed by atoms with E-state index in [1.54, 1.807) is 14.1 Å². The average Bonchev–Trinajstić information content (AvgIpc) is 2.71. The van der Waals surface area contributed by atoms with Crippen molar-refractivity contribution in [2.45, 2.75) is 18.4 Å². The second-order valence-electron chi connectivity index (χ2n) is 7.38. The molecule has 0 saturated carbocycles. The first kappa shape index (κ1) is 22.1. The van der Waals surface area contributed by atoms with Crippen LogP contribution in [-0.4, -0.2) is 54.3 Å². The number of nitrogens with zero attached hydrogens (tertiary/aromatic N) is 2. The zero-order chi connectivity index (χ0) is 21.6. The highest BCUT2D eigenvalue weighted by molar-refractivity contribution is 5.99. The Balaban J connectivity index is 2.56. The van der Waals surface area contributed by atoms with E-state index in [1.165, 1.54) is 11.9 Å². The van der Waals surface area contributed by atoms with Crippen LogP contribution in [0, 0.1) is 5.92 Å². The number of nitrogens with two attached hydrogens (primary N) is 2. The number of benzene rings is 2. The summed E-state index contributed by atoms with van der Waals surface area (Å²) in [6.07, 6.45) is 0.334. The minimum atomic E-state index is -1.57. The molecule has 0 spiro atoms. The minimum absolute atomic E-state index is 0.140. The Bertz CT molecular complexity index is 855. The molecular weight excluding hydrogens is 368 g/mol. The van der Waals surface area contributed by atoms with Gasteiger partial charge in [0.05, 0.1) is 5.92 Å². The quantitative estimate of drug-likeness (QED) is 0.737. The van der Waals surface area contributed by atoms with Crippen molar-refractivity contribution in [3.05, 3.63) is 71.8 Å².